The Hall–Kier alpha value is -2.66. The Morgan fingerprint density at radius 3 is 2.42 bits per heavy atom. The molecule has 120 valence electrons. The Bertz CT molecular complexity index is 848. The number of allylic oxidation sites excluding steroid dienone is 1. The topological polar surface area (TPSA) is 66.0 Å². The van der Waals surface area contributed by atoms with Crippen molar-refractivity contribution in [1.29, 1.82) is 10.5 Å². The van der Waals surface area contributed by atoms with Crippen molar-refractivity contribution < 1.29 is 9.47 Å². The van der Waals surface area contributed by atoms with Crippen LogP contribution >= 0.6 is 23.2 Å². The van der Waals surface area contributed by atoms with E-state index in [4.69, 9.17) is 43.2 Å². The zero-order valence-electron chi connectivity index (χ0n) is 12.7. The summed E-state index contributed by atoms with van der Waals surface area (Å²) in [4.78, 5) is 0. The number of methoxy groups -OCH3 is 1. The van der Waals surface area contributed by atoms with E-state index in [-0.39, 0.29) is 12.2 Å². The summed E-state index contributed by atoms with van der Waals surface area (Å²) >= 11 is 11.9. The predicted octanol–water partition coefficient (Wildman–Crippen LogP) is 5.01. The van der Waals surface area contributed by atoms with E-state index in [2.05, 4.69) is 0 Å². The first-order valence-corrected chi connectivity index (χ1v) is 7.59. The zero-order valence-corrected chi connectivity index (χ0v) is 14.2. The van der Waals surface area contributed by atoms with Crippen LogP contribution < -0.4 is 9.47 Å². The Morgan fingerprint density at radius 1 is 1.08 bits per heavy atom. The fourth-order valence-electron chi connectivity index (χ4n) is 2.01. The van der Waals surface area contributed by atoms with Crippen LogP contribution in [0.2, 0.25) is 10.0 Å². The standard InChI is InChI=1S/C18H12Cl2N2O2/c1-23-17-4-2-12(6-13(9-21)10-22)7-14(17)11-24-18-5-3-15(19)8-16(18)20/h2-8H,11H2,1H3. The molecule has 0 spiro atoms. The lowest BCUT2D eigenvalue weighted by Crippen LogP contribution is -2.00. The van der Waals surface area contributed by atoms with E-state index < -0.39 is 0 Å². The Kier molecular flexibility index (Phi) is 6.09. The summed E-state index contributed by atoms with van der Waals surface area (Å²) in [7, 11) is 1.56. The summed E-state index contributed by atoms with van der Waals surface area (Å²) in [6, 6.07) is 13.9. The van der Waals surface area contributed by atoms with E-state index in [0.717, 1.165) is 5.56 Å². The van der Waals surface area contributed by atoms with Gasteiger partial charge in [-0.05, 0) is 42.0 Å². The molecule has 6 heteroatoms. The van der Waals surface area contributed by atoms with Crippen molar-refractivity contribution in [2.24, 2.45) is 0 Å². The molecule has 2 aromatic carbocycles. The molecule has 0 aliphatic carbocycles. The molecule has 0 saturated carbocycles. The molecule has 0 aliphatic rings. The summed E-state index contributed by atoms with van der Waals surface area (Å²) in [6.45, 7) is 0.209. The molecule has 0 heterocycles. The van der Waals surface area contributed by atoms with E-state index in [9.17, 15) is 0 Å². The fourth-order valence-corrected chi connectivity index (χ4v) is 2.47. The van der Waals surface area contributed by atoms with Gasteiger partial charge in [0, 0.05) is 10.6 Å². The maximum atomic E-state index is 8.85. The molecule has 0 atom stereocenters. The maximum Gasteiger partial charge on any atom is 0.138 e. The molecule has 0 radical (unpaired) electrons. The third-order valence-corrected chi connectivity index (χ3v) is 3.66. The normalized spacial score (nSPS) is 9.54. The zero-order chi connectivity index (χ0) is 17.5. The van der Waals surface area contributed by atoms with E-state index in [0.29, 0.717) is 27.1 Å². The summed E-state index contributed by atoms with van der Waals surface area (Å²) in [5.74, 6) is 1.13. The van der Waals surface area contributed by atoms with Crippen LogP contribution in [0.1, 0.15) is 11.1 Å². The minimum atomic E-state index is 0.0211. The van der Waals surface area contributed by atoms with E-state index >= 15 is 0 Å². The number of hydrogen-bond donors (Lipinski definition) is 0. The number of rotatable bonds is 5. The largest absolute Gasteiger partial charge is 0.496 e. The second kappa shape index (κ2) is 8.26. The third kappa shape index (κ3) is 4.43. The first-order chi connectivity index (χ1) is 11.6. The second-order valence-electron chi connectivity index (χ2n) is 4.72. The molecule has 4 nitrogen and oxygen atoms in total. The van der Waals surface area contributed by atoms with Gasteiger partial charge < -0.3 is 9.47 Å². The van der Waals surface area contributed by atoms with Gasteiger partial charge >= 0.3 is 0 Å². The molecule has 2 rings (SSSR count). The lowest BCUT2D eigenvalue weighted by Gasteiger charge is -2.12. The van der Waals surface area contributed by atoms with Crippen LogP contribution in [0.15, 0.2) is 42.0 Å². The summed E-state index contributed by atoms with van der Waals surface area (Å²) in [5.41, 5.74) is 1.48. The van der Waals surface area contributed by atoms with Gasteiger partial charge in [-0.25, -0.2) is 0 Å². The highest BCUT2D eigenvalue weighted by atomic mass is 35.5. The Labute approximate surface area is 150 Å². The van der Waals surface area contributed by atoms with Crippen molar-refractivity contribution >= 4 is 29.3 Å². The van der Waals surface area contributed by atoms with Gasteiger partial charge in [0.2, 0.25) is 0 Å². The highest BCUT2D eigenvalue weighted by molar-refractivity contribution is 6.35. The monoisotopic (exact) mass is 358 g/mol. The molecular formula is C18H12Cl2N2O2. The van der Waals surface area contributed by atoms with Crippen molar-refractivity contribution in [3.05, 3.63) is 63.1 Å². The minimum Gasteiger partial charge on any atom is -0.496 e. The van der Waals surface area contributed by atoms with Gasteiger partial charge in [-0.15, -0.1) is 0 Å². The first kappa shape index (κ1) is 17.7. The molecule has 0 unspecified atom stereocenters. The smallest absolute Gasteiger partial charge is 0.138 e. The molecule has 0 saturated heterocycles. The number of benzene rings is 2. The number of hydrogen-bond acceptors (Lipinski definition) is 4. The van der Waals surface area contributed by atoms with Crippen molar-refractivity contribution in [2.45, 2.75) is 6.61 Å². The van der Waals surface area contributed by atoms with Crippen molar-refractivity contribution in [3.8, 4) is 23.6 Å². The van der Waals surface area contributed by atoms with Gasteiger partial charge in [0.25, 0.3) is 0 Å². The molecule has 2 aromatic rings. The van der Waals surface area contributed by atoms with Gasteiger partial charge in [-0.1, -0.05) is 29.3 Å². The number of ether oxygens (including phenoxy) is 2. The first-order valence-electron chi connectivity index (χ1n) is 6.84. The number of nitriles is 2. The summed E-state index contributed by atoms with van der Waals surface area (Å²) in [5, 5.41) is 18.6. The molecule has 0 aliphatic heterocycles. The predicted molar refractivity (Wildman–Crippen MR) is 93.0 cm³/mol. The van der Waals surface area contributed by atoms with Crippen molar-refractivity contribution in [1.82, 2.24) is 0 Å². The second-order valence-corrected chi connectivity index (χ2v) is 5.56. The van der Waals surface area contributed by atoms with Gasteiger partial charge in [0.05, 0.1) is 12.1 Å². The third-order valence-electron chi connectivity index (χ3n) is 3.13. The van der Waals surface area contributed by atoms with Crippen LogP contribution in [0, 0.1) is 22.7 Å². The minimum absolute atomic E-state index is 0.0211. The van der Waals surface area contributed by atoms with Gasteiger partial charge in [-0.2, -0.15) is 10.5 Å². The molecular weight excluding hydrogens is 347 g/mol. The van der Waals surface area contributed by atoms with E-state index in [1.807, 2.05) is 12.1 Å². The van der Waals surface area contributed by atoms with Gasteiger partial charge in [-0.3, -0.25) is 0 Å². The molecule has 0 N–H and O–H groups in total. The van der Waals surface area contributed by atoms with E-state index in [1.165, 1.54) is 6.08 Å². The van der Waals surface area contributed by atoms with Crippen molar-refractivity contribution in [2.75, 3.05) is 7.11 Å². The van der Waals surface area contributed by atoms with Crippen molar-refractivity contribution in [3.63, 3.8) is 0 Å². The quantitative estimate of drug-likeness (QED) is 0.704. The average Bonchev–Trinajstić information content (AvgIpc) is 2.59. The maximum absolute atomic E-state index is 8.85. The lowest BCUT2D eigenvalue weighted by atomic mass is 10.1. The Balaban J connectivity index is 2.27. The van der Waals surface area contributed by atoms with E-state index in [1.54, 1.807) is 43.5 Å². The lowest BCUT2D eigenvalue weighted by molar-refractivity contribution is 0.297. The number of nitrogens with zero attached hydrogens (tertiary/aromatic N) is 2. The summed E-state index contributed by atoms with van der Waals surface area (Å²) < 4.78 is 11.0. The molecule has 0 aromatic heterocycles. The molecule has 0 fully saturated rings. The highest BCUT2D eigenvalue weighted by Crippen LogP contribution is 2.29. The fraction of sp³-hybridized carbons (Fsp3) is 0.111. The molecule has 0 amide bonds. The SMILES string of the molecule is COc1ccc(C=C(C#N)C#N)cc1COc1ccc(Cl)cc1Cl. The highest BCUT2D eigenvalue weighted by Gasteiger charge is 2.08. The Morgan fingerprint density at radius 2 is 1.79 bits per heavy atom. The molecule has 0 bridgehead atoms. The number of halogens is 2. The van der Waals surface area contributed by atoms with Crippen LogP contribution in [0.4, 0.5) is 0 Å². The average molecular weight is 359 g/mol. The van der Waals surface area contributed by atoms with Gasteiger partial charge in [0.1, 0.15) is 35.8 Å². The van der Waals surface area contributed by atoms with Crippen LogP contribution in [0.5, 0.6) is 11.5 Å². The van der Waals surface area contributed by atoms with Crippen LogP contribution in [0.25, 0.3) is 6.08 Å². The van der Waals surface area contributed by atoms with Crippen LogP contribution in [0.3, 0.4) is 0 Å². The van der Waals surface area contributed by atoms with Gasteiger partial charge in [0.15, 0.2) is 0 Å². The molecule has 24 heavy (non-hydrogen) atoms. The van der Waals surface area contributed by atoms with Crippen LogP contribution in [-0.4, -0.2) is 7.11 Å². The summed E-state index contributed by atoms with van der Waals surface area (Å²) in [6.07, 6.45) is 1.50. The van der Waals surface area contributed by atoms with Crippen LogP contribution in [-0.2, 0) is 6.61 Å².